The molecule has 2 atom stereocenters. The van der Waals surface area contributed by atoms with E-state index in [4.69, 9.17) is 4.74 Å². The van der Waals surface area contributed by atoms with E-state index in [-0.39, 0.29) is 17.4 Å². The van der Waals surface area contributed by atoms with Gasteiger partial charge >= 0.3 is 0 Å². The minimum Gasteiger partial charge on any atom is -0.507 e. The number of ether oxygens (including phenoxy) is 1. The molecule has 1 N–H and O–H groups in total. The van der Waals surface area contributed by atoms with Crippen LogP contribution in [0.25, 0.3) is 5.76 Å². The van der Waals surface area contributed by atoms with Crippen LogP contribution in [0.5, 0.6) is 5.75 Å². The van der Waals surface area contributed by atoms with E-state index in [9.17, 15) is 14.7 Å². The number of Topliss-reactive ketones (excluding diaryl/α,β-unsaturated/α-hetero) is 1. The minimum atomic E-state index is -0.668. The third kappa shape index (κ3) is 4.50. The van der Waals surface area contributed by atoms with Crippen LogP contribution in [0.3, 0.4) is 0 Å². The number of rotatable bonds is 8. The molecule has 0 bridgehead atoms. The molecule has 0 spiro atoms. The van der Waals surface area contributed by atoms with Crippen LogP contribution in [-0.4, -0.2) is 63.9 Å². The van der Waals surface area contributed by atoms with Crippen molar-refractivity contribution in [2.45, 2.75) is 45.8 Å². The number of ketones is 1. The second-order valence-corrected chi connectivity index (χ2v) is 8.61. The molecule has 7 heteroatoms. The summed E-state index contributed by atoms with van der Waals surface area (Å²) >= 11 is 0. The van der Waals surface area contributed by atoms with Crippen LogP contribution in [-0.2, 0) is 16.0 Å². The topological polar surface area (TPSA) is 83.0 Å². The zero-order valence-electron chi connectivity index (χ0n) is 19.5. The number of benzene rings is 1. The van der Waals surface area contributed by atoms with Gasteiger partial charge in [-0.1, -0.05) is 19.9 Å². The van der Waals surface area contributed by atoms with Gasteiger partial charge in [-0.05, 0) is 68.4 Å². The Morgan fingerprint density at radius 2 is 2.03 bits per heavy atom. The highest BCUT2D eigenvalue weighted by Gasteiger charge is 2.46. The van der Waals surface area contributed by atoms with Crippen molar-refractivity contribution in [1.82, 2.24) is 14.8 Å². The number of aliphatic hydroxyl groups is 1. The van der Waals surface area contributed by atoms with Crippen molar-refractivity contribution in [2.75, 3.05) is 26.2 Å². The fourth-order valence-corrected chi connectivity index (χ4v) is 4.72. The number of likely N-dealkylation sites (tertiary alicyclic amines) is 1. The fourth-order valence-electron chi connectivity index (χ4n) is 4.72. The van der Waals surface area contributed by atoms with E-state index in [1.165, 1.54) is 0 Å². The van der Waals surface area contributed by atoms with E-state index in [2.05, 4.69) is 23.7 Å². The number of pyridine rings is 1. The molecule has 3 heterocycles. The van der Waals surface area contributed by atoms with Gasteiger partial charge in [0.1, 0.15) is 17.6 Å². The number of fused-ring (bicyclic) bond motifs is 1. The summed E-state index contributed by atoms with van der Waals surface area (Å²) in [7, 11) is 0. The lowest BCUT2D eigenvalue weighted by Crippen LogP contribution is -2.33. The maximum Gasteiger partial charge on any atom is 0.295 e. The summed E-state index contributed by atoms with van der Waals surface area (Å²) in [6, 6.07) is 8.35. The standard InChI is InChI=1S/C26H31N3O4/c1-4-28(5-2)12-7-13-29-23(19-8-6-11-27-16-19)22(25(31)26(29)32)24(30)18-9-10-21-20(15-18)14-17(3)33-21/h6,8-11,15-17,23,30H,4-5,7,12-14H2,1-3H3/t17-,23+/m1/s1. The molecule has 4 rings (SSSR count). The zero-order chi connectivity index (χ0) is 23.5. The lowest BCUT2D eigenvalue weighted by Gasteiger charge is -2.26. The van der Waals surface area contributed by atoms with E-state index < -0.39 is 17.7 Å². The van der Waals surface area contributed by atoms with E-state index in [0.717, 1.165) is 43.8 Å². The molecule has 1 fully saturated rings. The number of aliphatic hydroxyl groups excluding tert-OH is 1. The van der Waals surface area contributed by atoms with Gasteiger partial charge in [0.2, 0.25) is 0 Å². The fraction of sp³-hybridized carbons (Fsp3) is 0.423. The Hall–Kier alpha value is -3.19. The lowest BCUT2D eigenvalue weighted by atomic mass is 9.95. The molecule has 0 radical (unpaired) electrons. The largest absolute Gasteiger partial charge is 0.507 e. The van der Waals surface area contributed by atoms with Crippen molar-refractivity contribution in [3.05, 3.63) is 65.0 Å². The van der Waals surface area contributed by atoms with Crippen LogP contribution in [0.15, 0.2) is 48.3 Å². The molecule has 2 aliphatic rings. The first-order chi connectivity index (χ1) is 15.9. The number of aromatic nitrogens is 1. The molecule has 7 nitrogen and oxygen atoms in total. The number of hydrogen-bond donors (Lipinski definition) is 1. The van der Waals surface area contributed by atoms with Gasteiger partial charge in [-0.25, -0.2) is 0 Å². The zero-order valence-corrected chi connectivity index (χ0v) is 19.5. The number of carbonyl (C=O) groups is 2. The second kappa shape index (κ2) is 9.75. The summed E-state index contributed by atoms with van der Waals surface area (Å²) in [5, 5.41) is 11.3. The van der Waals surface area contributed by atoms with Crippen LogP contribution in [0.4, 0.5) is 0 Å². The van der Waals surface area contributed by atoms with Gasteiger partial charge in [-0.3, -0.25) is 14.6 Å². The van der Waals surface area contributed by atoms with Gasteiger partial charge in [-0.2, -0.15) is 0 Å². The van der Waals surface area contributed by atoms with Gasteiger partial charge in [0.15, 0.2) is 0 Å². The van der Waals surface area contributed by atoms with E-state index in [1.54, 1.807) is 29.4 Å². The molecule has 33 heavy (non-hydrogen) atoms. The molecule has 2 aliphatic heterocycles. The smallest absolute Gasteiger partial charge is 0.295 e. The Balaban J connectivity index is 1.71. The van der Waals surface area contributed by atoms with Crippen molar-refractivity contribution in [2.24, 2.45) is 0 Å². The van der Waals surface area contributed by atoms with Crippen molar-refractivity contribution in [3.8, 4) is 5.75 Å². The summed E-state index contributed by atoms with van der Waals surface area (Å²) in [4.78, 5) is 34.3. The normalized spacial score (nSPS) is 21.5. The average molecular weight is 450 g/mol. The molecule has 0 aliphatic carbocycles. The molecule has 2 aromatic rings. The van der Waals surface area contributed by atoms with Crippen molar-refractivity contribution in [1.29, 1.82) is 0 Å². The van der Waals surface area contributed by atoms with Crippen LogP contribution < -0.4 is 4.74 Å². The molecule has 174 valence electrons. The van der Waals surface area contributed by atoms with Crippen molar-refractivity contribution >= 4 is 17.4 Å². The highest BCUT2D eigenvalue weighted by atomic mass is 16.5. The molecule has 1 aromatic carbocycles. The maximum atomic E-state index is 13.1. The third-order valence-corrected chi connectivity index (χ3v) is 6.48. The SMILES string of the molecule is CCN(CC)CCCN1C(=O)C(=O)C(=C(O)c2ccc3c(c2)C[C@@H](C)O3)[C@@H]1c1cccnc1. The van der Waals surface area contributed by atoms with Gasteiger partial charge in [-0.15, -0.1) is 0 Å². The number of amides is 1. The molecule has 0 saturated carbocycles. The average Bonchev–Trinajstić information content (AvgIpc) is 3.32. The molecular weight excluding hydrogens is 418 g/mol. The monoisotopic (exact) mass is 449 g/mol. The third-order valence-electron chi connectivity index (χ3n) is 6.48. The first kappa shape index (κ1) is 23.0. The highest BCUT2D eigenvalue weighted by Crippen LogP contribution is 2.40. The number of nitrogens with zero attached hydrogens (tertiary/aromatic N) is 3. The first-order valence-corrected chi connectivity index (χ1v) is 11.6. The van der Waals surface area contributed by atoms with E-state index in [0.29, 0.717) is 17.7 Å². The summed E-state index contributed by atoms with van der Waals surface area (Å²) in [5.41, 5.74) is 2.32. The number of carbonyl (C=O) groups excluding carboxylic acids is 2. The van der Waals surface area contributed by atoms with Gasteiger partial charge in [0, 0.05) is 30.9 Å². The van der Waals surface area contributed by atoms with Gasteiger partial charge in [0.25, 0.3) is 11.7 Å². The Morgan fingerprint density at radius 1 is 1.24 bits per heavy atom. The molecule has 1 saturated heterocycles. The first-order valence-electron chi connectivity index (χ1n) is 11.6. The Labute approximate surface area is 194 Å². The Morgan fingerprint density at radius 3 is 2.73 bits per heavy atom. The van der Waals surface area contributed by atoms with Crippen molar-refractivity contribution < 1.29 is 19.4 Å². The van der Waals surface area contributed by atoms with Crippen molar-refractivity contribution in [3.63, 3.8) is 0 Å². The van der Waals surface area contributed by atoms with E-state index in [1.807, 2.05) is 25.1 Å². The van der Waals surface area contributed by atoms with Crippen LogP contribution in [0.1, 0.15) is 49.9 Å². The summed E-state index contributed by atoms with van der Waals surface area (Å²) in [5.74, 6) is -0.604. The van der Waals surface area contributed by atoms with Crippen LogP contribution in [0.2, 0.25) is 0 Å². The number of hydrogen-bond acceptors (Lipinski definition) is 6. The van der Waals surface area contributed by atoms with Gasteiger partial charge < -0.3 is 19.6 Å². The molecular formula is C26H31N3O4. The highest BCUT2D eigenvalue weighted by molar-refractivity contribution is 6.46. The Kier molecular flexibility index (Phi) is 6.79. The predicted octanol–water partition coefficient (Wildman–Crippen LogP) is 3.56. The van der Waals surface area contributed by atoms with E-state index >= 15 is 0 Å². The minimum absolute atomic E-state index is 0.0733. The maximum absolute atomic E-state index is 13.1. The predicted molar refractivity (Wildman–Crippen MR) is 126 cm³/mol. The lowest BCUT2D eigenvalue weighted by molar-refractivity contribution is -0.140. The molecule has 1 aromatic heterocycles. The van der Waals surface area contributed by atoms with Crippen LogP contribution in [0, 0.1) is 0 Å². The summed E-state index contributed by atoms with van der Waals surface area (Å²) in [6.45, 7) is 9.32. The summed E-state index contributed by atoms with van der Waals surface area (Å²) in [6.07, 6.45) is 4.85. The summed E-state index contributed by atoms with van der Waals surface area (Å²) < 4.78 is 5.76. The molecule has 1 amide bonds. The van der Waals surface area contributed by atoms with Crippen LogP contribution >= 0.6 is 0 Å². The quantitative estimate of drug-likeness (QED) is 0.377. The van der Waals surface area contributed by atoms with Gasteiger partial charge in [0.05, 0.1) is 11.6 Å². The second-order valence-electron chi connectivity index (χ2n) is 8.61. The molecule has 0 unspecified atom stereocenters. The Bertz CT molecular complexity index is 1060.